The summed E-state index contributed by atoms with van der Waals surface area (Å²) < 4.78 is 27.0. The van der Waals surface area contributed by atoms with Crippen molar-refractivity contribution >= 4 is 15.7 Å². The monoisotopic (exact) mass is 338 g/mol. The van der Waals surface area contributed by atoms with E-state index in [0.29, 0.717) is 17.7 Å². The molecule has 0 amide bonds. The van der Waals surface area contributed by atoms with Gasteiger partial charge in [-0.1, -0.05) is 18.9 Å². The second kappa shape index (κ2) is 6.07. The zero-order chi connectivity index (χ0) is 16.7. The van der Waals surface area contributed by atoms with Gasteiger partial charge in [0.1, 0.15) is 0 Å². The van der Waals surface area contributed by atoms with Gasteiger partial charge in [-0.3, -0.25) is 0 Å². The Kier molecular flexibility index (Phi) is 4.42. The molecule has 128 valence electrons. The number of nitrogens with zero attached hydrogens (tertiary/aromatic N) is 2. The summed E-state index contributed by atoms with van der Waals surface area (Å²) in [4.78, 5) is 2.43. The van der Waals surface area contributed by atoms with Crippen LogP contribution in [0.3, 0.4) is 0 Å². The largest absolute Gasteiger partial charge is 0.389 e. The highest BCUT2D eigenvalue weighted by molar-refractivity contribution is 7.89. The van der Waals surface area contributed by atoms with Gasteiger partial charge in [-0.25, -0.2) is 8.42 Å². The maximum Gasteiger partial charge on any atom is 0.242 e. The van der Waals surface area contributed by atoms with Crippen molar-refractivity contribution in [2.45, 2.75) is 49.0 Å². The van der Waals surface area contributed by atoms with Crippen LogP contribution in [0.2, 0.25) is 0 Å². The molecule has 1 aromatic rings. The molecule has 0 spiro atoms. The Morgan fingerprint density at radius 1 is 1.26 bits per heavy atom. The third-order valence-corrected chi connectivity index (χ3v) is 6.97. The van der Waals surface area contributed by atoms with Crippen molar-refractivity contribution in [3.05, 3.63) is 23.8 Å². The van der Waals surface area contributed by atoms with E-state index in [1.165, 1.54) is 9.87 Å². The predicted octanol–water partition coefficient (Wildman–Crippen LogP) is 1.99. The molecule has 0 bridgehead atoms. The Balaban J connectivity index is 1.86. The first-order chi connectivity index (χ1) is 10.8. The molecule has 23 heavy (non-hydrogen) atoms. The fraction of sp³-hybridized carbons (Fsp3) is 0.647. The van der Waals surface area contributed by atoms with Crippen molar-refractivity contribution in [1.29, 1.82) is 0 Å². The van der Waals surface area contributed by atoms with Crippen LogP contribution in [0.4, 0.5) is 5.69 Å². The molecule has 1 heterocycles. The Morgan fingerprint density at radius 2 is 1.96 bits per heavy atom. The number of hydrogen-bond donors (Lipinski definition) is 1. The van der Waals surface area contributed by atoms with E-state index >= 15 is 0 Å². The lowest BCUT2D eigenvalue weighted by molar-refractivity contribution is 0.0333. The van der Waals surface area contributed by atoms with Crippen LogP contribution in [0.15, 0.2) is 23.1 Å². The van der Waals surface area contributed by atoms with Crippen LogP contribution in [0, 0.1) is 0 Å². The molecule has 1 N–H and O–H groups in total. The molecular weight excluding hydrogens is 312 g/mol. The summed E-state index contributed by atoms with van der Waals surface area (Å²) in [5.41, 5.74) is 1.34. The average Bonchev–Trinajstić information content (AvgIpc) is 2.93. The molecule has 1 aromatic carbocycles. The van der Waals surface area contributed by atoms with E-state index in [2.05, 4.69) is 4.90 Å². The second-order valence-electron chi connectivity index (χ2n) is 7.01. The molecule has 3 rings (SSSR count). The van der Waals surface area contributed by atoms with E-state index in [1.54, 1.807) is 19.2 Å². The van der Waals surface area contributed by atoms with E-state index in [9.17, 15) is 13.5 Å². The van der Waals surface area contributed by atoms with Crippen molar-refractivity contribution in [2.75, 3.05) is 32.1 Å². The summed E-state index contributed by atoms with van der Waals surface area (Å²) in [5, 5.41) is 10.5. The quantitative estimate of drug-likeness (QED) is 0.912. The van der Waals surface area contributed by atoms with E-state index in [4.69, 9.17) is 0 Å². The molecule has 1 aliphatic heterocycles. The molecule has 1 aliphatic carbocycles. The minimum atomic E-state index is -3.57. The van der Waals surface area contributed by atoms with Crippen LogP contribution in [-0.2, 0) is 16.4 Å². The van der Waals surface area contributed by atoms with Crippen molar-refractivity contribution < 1.29 is 13.5 Å². The Bertz CT molecular complexity index is 681. The molecule has 2 aliphatic rings. The van der Waals surface area contributed by atoms with E-state index < -0.39 is 15.6 Å². The molecule has 0 aromatic heterocycles. The number of likely N-dealkylation sites (N-methyl/N-ethyl adjacent to an activating group) is 1. The zero-order valence-corrected chi connectivity index (χ0v) is 14.8. The average molecular weight is 338 g/mol. The number of benzene rings is 1. The number of aryl methyl sites for hydroxylation is 1. The topological polar surface area (TPSA) is 60.9 Å². The lowest BCUT2D eigenvalue weighted by atomic mass is 10.0. The number of anilines is 1. The lowest BCUT2D eigenvalue weighted by Gasteiger charge is -2.30. The summed E-state index contributed by atoms with van der Waals surface area (Å²) >= 11 is 0. The van der Waals surface area contributed by atoms with Gasteiger partial charge in [-0.05, 0) is 43.4 Å². The Labute approximate surface area is 139 Å². The lowest BCUT2D eigenvalue weighted by Crippen LogP contribution is -2.42. The summed E-state index contributed by atoms with van der Waals surface area (Å²) in [6.45, 7) is 1.12. The minimum absolute atomic E-state index is 0.169. The summed E-state index contributed by atoms with van der Waals surface area (Å²) in [6.07, 6.45) is 5.39. The summed E-state index contributed by atoms with van der Waals surface area (Å²) in [7, 11) is -0.0112. The molecule has 1 saturated carbocycles. The number of hydrogen-bond acceptors (Lipinski definition) is 4. The smallest absolute Gasteiger partial charge is 0.242 e. The first-order valence-electron chi connectivity index (χ1n) is 8.35. The second-order valence-corrected chi connectivity index (χ2v) is 9.05. The van der Waals surface area contributed by atoms with Crippen molar-refractivity contribution in [3.8, 4) is 0 Å². The van der Waals surface area contributed by atoms with Gasteiger partial charge in [0, 0.05) is 32.9 Å². The van der Waals surface area contributed by atoms with E-state index in [-0.39, 0.29) is 6.54 Å². The summed E-state index contributed by atoms with van der Waals surface area (Å²) in [5.74, 6) is 0. The van der Waals surface area contributed by atoms with Crippen LogP contribution < -0.4 is 4.90 Å². The normalized spacial score (nSPS) is 20.8. The molecule has 0 radical (unpaired) electrons. The van der Waals surface area contributed by atoms with Crippen LogP contribution >= 0.6 is 0 Å². The molecule has 0 atom stereocenters. The van der Waals surface area contributed by atoms with Gasteiger partial charge in [0.2, 0.25) is 10.0 Å². The van der Waals surface area contributed by atoms with Crippen LogP contribution in [0.1, 0.15) is 37.7 Å². The van der Waals surface area contributed by atoms with Crippen molar-refractivity contribution in [2.24, 2.45) is 0 Å². The van der Waals surface area contributed by atoms with Gasteiger partial charge in [0.25, 0.3) is 0 Å². The molecule has 6 heteroatoms. The molecule has 5 nitrogen and oxygen atoms in total. The van der Waals surface area contributed by atoms with Gasteiger partial charge in [0.15, 0.2) is 0 Å². The van der Waals surface area contributed by atoms with Crippen LogP contribution in [0.5, 0.6) is 0 Å². The zero-order valence-electron chi connectivity index (χ0n) is 14.0. The molecular formula is C17H26N2O3S. The Hall–Kier alpha value is -1.11. The maximum absolute atomic E-state index is 12.9. The fourth-order valence-electron chi connectivity index (χ4n) is 3.77. The highest BCUT2D eigenvalue weighted by Crippen LogP contribution is 2.33. The first-order valence-corrected chi connectivity index (χ1v) is 9.79. The SMILES string of the molecule is CN1CCCc2ccc(S(=O)(=O)N(C)CC3(O)CCCC3)cc21. The van der Waals surface area contributed by atoms with Crippen molar-refractivity contribution in [3.63, 3.8) is 0 Å². The third kappa shape index (κ3) is 3.25. The predicted molar refractivity (Wildman–Crippen MR) is 91.3 cm³/mol. The minimum Gasteiger partial charge on any atom is -0.389 e. The molecule has 1 fully saturated rings. The molecule has 0 saturated heterocycles. The van der Waals surface area contributed by atoms with Crippen LogP contribution in [0.25, 0.3) is 0 Å². The maximum atomic E-state index is 12.9. The van der Waals surface area contributed by atoms with E-state index in [0.717, 1.165) is 37.9 Å². The number of sulfonamides is 1. The van der Waals surface area contributed by atoms with Gasteiger partial charge >= 0.3 is 0 Å². The van der Waals surface area contributed by atoms with Gasteiger partial charge in [-0.15, -0.1) is 0 Å². The van der Waals surface area contributed by atoms with Gasteiger partial charge < -0.3 is 10.0 Å². The van der Waals surface area contributed by atoms with E-state index in [1.807, 2.05) is 13.1 Å². The molecule has 0 unspecified atom stereocenters. The third-order valence-electron chi connectivity index (χ3n) is 5.17. The first kappa shape index (κ1) is 16.7. The standard InChI is InChI=1S/C17H26N2O3S/c1-18-11-5-6-14-7-8-15(12-16(14)18)23(21,22)19(2)13-17(20)9-3-4-10-17/h7-8,12,20H,3-6,9-11,13H2,1-2H3. The fourth-order valence-corrected chi connectivity index (χ4v) is 5.04. The summed E-state index contributed by atoms with van der Waals surface area (Å²) in [6, 6.07) is 5.40. The number of fused-ring (bicyclic) bond motifs is 1. The highest BCUT2D eigenvalue weighted by Gasteiger charge is 2.36. The van der Waals surface area contributed by atoms with Gasteiger partial charge in [-0.2, -0.15) is 4.31 Å². The Morgan fingerprint density at radius 3 is 2.65 bits per heavy atom. The van der Waals surface area contributed by atoms with Crippen LogP contribution in [-0.4, -0.2) is 50.6 Å². The van der Waals surface area contributed by atoms with Crippen molar-refractivity contribution in [1.82, 2.24) is 4.31 Å². The van der Waals surface area contributed by atoms with Gasteiger partial charge in [0.05, 0.1) is 10.5 Å². The number of aliphatic hydroxyl groups is 1. The highest BCUT2D eigenvalue weighted by atomic mass is 32.2. The number of rotatable bonds is 4.